The van der Waals surface area contributed by atoms with Gasteiger partial charge in [-0.05, 0) is 17.7 Å². The van der Waals surface area contributed by atoms with E-state index in [1.54, 1.807) is 24.3 Å². The van der Waals surface area contributed by atoms with E-state index < -0.39 is 12.1 Å². The Labute approximate surface area is 87.3 Å². The topological polar surface area (TPSA) is 46.5 Å². The molecule has 0 fully saturated rings. The Bertz CT molecular complexity index is 308. The van der Waals surface area contributed by atoms with E-state index in [2.05, 4.69) is 0 Å². The number of carboxylic acids is 1. The van der Waals surface area contributed by atoms with E-state index in [4.69, 9.17) is 21.4 Å². The van der Waals surface area contributed by atoms with Crippen LogP contribution in [-0.4, -0.2) is 24.3 Å². The molecular formula is C10H11ClO3. The summed E-state index contributed by atoms with van der Waals surface area (Å²) in [5.74, 6) is -0.956. The van der Waals surface area contributed by atoms with Crippen molar-refractivity contribution in [1.29, 1.82) is 0 Å². The van der Waals surface area contributed by atoms with Gasteiger partial charge >= 0.3 is 5.97 Å². The molecule has 0 saturated carbocycles. The maximum Gasteiger partial charge on any atom is 0.333 e. The summed E-state index contributed by atoms with van der Waals surface area (Å²) in [6, 6.07) is 7.03. The van der Waals surface area contributed by atoms with E-state index in [1.165, 1.54) is 7.11 Å². The molecule has 0 heterocycles. The van der Waals surface area contributed by atoms with Gasteiger partial charge in [0.15, 0.2) is 6.10 Å². The predicted octanol–water partition coefficient (Wildman–Crippen LogP) is 1.98. The standard InChI is InChI=1S/C10H11ClO3/c1-14-9(10(12)13)6-7-2-4-8(11)5-3-7/h2-5,9H,6H2,1H3,(H,12,13). The highest BCUT2D eigenvalue weighted by molar-refractivity contribution is 6.30. The molecule has 1 unspecified atom stereocenters. The van der Waals surface area contributed by atoms with Crippen molar-refractivity contribution in [1.82, 2.24) is 0 Å². The molecule has 0 aliphatic carbocycles. The smallest absolute Gasteiger partial charge is 0.333 e. The molecule has 1 aromatic rings. The van der Waals surface area contributed by atoms with Crippen LogP contribution in [0.25, 0.3) is 0 Å². The Morgan fingerprint density at radius 2 is 2.07 bits per heavy atom. The van der Waals surface area contributed by atoms with Crippen LogP contribution in [0.4, 0.5) is 0 Å². The number of carbonyl (C=O) groups is 1. The molecule has 1 aromatic carbocycles. The Morgan fingerprint density at radius 3 is 2.50 bits per heavy atom. The van der Waals surface area contributed by atoms with Crippen molar-refractivity contribution in [2.45, 2.75) is 12.5 Å². The zero-order valence-electron chi connectivity index (χ0n) is 7.74. The molecule has 1 atom stereocenters. The number of ether oxygens (including phenoxy) is 1. The maximum atomic E-state index is 10.7. The van der Waals surface area contributed by atoms with E-state index in [-0.39, 0.29) is 0 Å². The van der Waals surface area contributed by atoms with E-state index in [0.717, 1.165) is 5.56 Å². The average molecular weight is 215 g/mol. The number of carboxylic acid groups (broad SMARTS) is 1. The molecule has 0 saturated heterocycles. The summed E-state index contributed by atoms with van der Waals surface area (Å²) in [5, 5.41) is 9.38. The summed E-state index contributed by atoms with van der Waals surface area (Å²) < 4.78 is 4.81. The van der Waals surface area contributed by atoms with E-state index >= 15 is 0 Å². The molecule has 0 aliphatic heterocycles. The summed E-state index contributed by atoms with van der Waals surface area (Å²) in [5.41, 5.74) is 0.892. The third-order valence-electron chi connectivity index (χ3n) is 1.89. The number of benzene rings is 1. The van der Waals surface area contributed by atoms with Gasteiger partial charge in [-0.25, -0.2) is 4.79 Å². The second kappa shape index (κ2) is 4.98. The minimum absolute atomic E-state index is 0.350. The summed E-state index contributed by atoms with van der Waals surface area (Å²) in [4.78, 5) is 10.7. The molecule has 0 aromatic heterocycles. The first-order valence-corrected chi connectivity index (χ1v) is 4.51. The normalized spacial score (nSPS) is 12.4. The largest absolute Gasteiger partial charge is 0.479 e. The Hall–Kier alpha value is -1.06. The van der Waals surface area contributed by atoms with E-state index in [1.807, 2.05) is 0 Å². The molecule has 0 bridgehead atoms. The van der Waals surface area contributed by atoms with Crippen molar-refractivity contribution in [2.24, 2.45) is 0 Å². The SMILES string of the molecule is COC(Cc1ccc(Cl)cc1)C(=O)O. The number of hydrogen-bond donors (Lipinski definition) is 1. The van der Waals surface area contributed by atoms with Crippen LogP contribution in [0.3, 0.4) is 0 Å². The highest BCUT2D eigenvalue weighted by Crippen LogP contribution is 2.11. The quantitative estimate of drug-likeness (QED) is 0.834. The molecule has 0 radical (unpaired) electrons. The minimum atomic E-state index is -0.956. The van der Waals surface area contributed by atoms with Crippen molar-refractivity contribution in [3.05, 3.63) is 34.9 Å². The molecule has 14 heavy (non-hydrogen) atoms. The Morgan fingerprint density at radius 1 is 1.50 bits per heavy atom. The first kappa shape index (κ1) is 11.0. The summed E-state index contributed by atoms with van der Waals surface area (Å²) >= 11 is 5.70. The van der Waals surface area contributed by atoms with Crippen LogP contribution in [0.5, 0.6) is 0 Å². The van der Waals surface area contributed by atoms with Gasteiger partial charge in [0.05, 0.1) is 0 Å². The van der Waals surface area contributed by atoms with Crippen molar-refractivity contribution >= 4 is 17.6 Å². The van der Waals surface area contributed by atoms with Crippen LogP contribution >= 0.6 is 11.6 Å². The van der Waals surface area contributed by atoms with Gasteiger partial charge in [0.1, 0.15) is 0 Å². The van der Waals surface area contributed by atoms with Gasteiger partial charge < -0.3 is 9.84 Å². The molecule has 76 valence electrons. The monoisotopic (exact) mass is 214 g/mol. The van der Waals surface area contributed by atoms with Crippen molar-refractivity contribution in [3.8, 4) is 0 Å². The summed E-state index contributed by atoms with van der Waals surface area (Å²) in [6.45, 7) is 0. The Balaban J connectivity index is 2.67. The number of aliphatic carboxylic acids is 1. The van der Waals surface area contributed by atoms with Crippen LogP contribution < -0.4 is 0 Å². The number of methoxy groups -OCH3 is 1. The van der Waals surface area contributed by atoms with Gasteiger partial charge in [0.2, 0.25) is 0 Å². The fraction of sp³-hybridized carbons (Fsp3) is 0.300. The first-order chi connectivity index (χ1) is 6.63. The molecular weight excluding hydrogens is 204 g/mol. The Kier molecular flexibility index (Phi) is 3.92. The fourth-order valence-electron chi connectivity index (χ4n) is 1.11. The average Bonchev–Trinajstić information content (AvgIpc) is 2.16. The van der Waals surface area contributed by atoms with Crippen LogP contribution in [0, 0.1) is 0 Å². The van der Waals surface area contributed by atoms with Gasteiger partial charge in [-0.3, -0.25) is 0 Å². The van der Waals surface area contributed by atoms with Crippen LogP contribution in [0.2, 0.25) is 5.02 Å². The molecule has 4 heteroatoms. The molecule has 3 nitrogen and oxygen atoms in total. The van der Waals surface area contributed by atoms with Gasteiger partial charge in [-0.15, -0.1) is 0 Å². The number of hydrogen-bond acceptors (Lipinski definition) is 2. The van der Waals surface area contributed by atoms with Gasteiger partial charge in [-0.2, -0.15) is 0 Å². The van der Waals surface area contributed by atoms with Crippen molar-refractivity contribution in [3.63, 3.8) is 0 Å². The van der Waals surface area contributed by atoms with Crippen molar-refractivity contribution in [2.75, 3.05) is 7.11 Å². The van der Waals surface area contributed by atoms with Gasteiger partial charge in [0.25, 0.3) is 0 Å². The highest BCUT2D eigenvalue weighted by Gasteiger charge is 2.16. The highest BCUT2D eigenvalue weighted by atomic mass is 35.5. The van der Waals surface area contributed by atoms with E-state index in [0.29, 0.717) is 11.4 Å². The second-order valence-corrected chi connectivity index (χ2v) is 3.33. The molecule has 0 spiro atoms. The van der Waals surface area contributed by atoms with Crippen LogP contribution in [0.15, 0.2) is 24.3 Å². The molecule has 0 amide bonds. The number of rotatable bonds is 4. The predicted molar refractivity (Wildman–Crippen MR) is 53.6 cm³/mol. The second-order valence-electron chi connectivity index (χ2n) is 2.89. The first-order valence-electron chi connectivity index (χ1n) is 4.13. The summed E-state index contributed by atoms with van der Waals surface area (Å²) in [7, 11) is 1.38. The van der Waals surface area contributed by atoms with Crippen molar-refractivity contribution < 1.29 is 14.6 Å². The third-order valence-corrected chi connectivity index (χ3v) is 2.15. The lowest BCUT2D eigenvalue weighted by molar-refractivity contribution is -0.148. The minimum Gasteiger partial charge on any atom is -0.479 e. The number of halogens is 1. The molecule has 1 N–H and O–H groups in total. The summed E-state index contributed by atoms with van der Waals surface area (Å²) in [6.07, 6.45) is -0.445. The molecule has 0 aliphatic rings. The van der Waals surface area contributed by atoms with E-state index in [9.17, 15) is 4.79 Å². The van der Waals surface area contributed by atoms with Crippen LogP contribution in [-0.2, 0) is 16.0 Å². The third kappa shape index (κ3) is 3.01. The zero-order chi connectivity index (χ0) is 10.6. The van der Waals surface area contributed by atoms with Gasteiger partial charge in [0, 0.05) is 18.6 Å². The lowest BCUT2D eigenvalue weighted by Gasteiger charge is -2.09. The van der Waals surface area contributed by atoms with Gasteiger partial charge in [-0.1, -0.05) is 23.7 Å². The fourth-order valence-corrected chi connectivity index (χ4v) is 1.23. The molecule has 1 rings (SSSR count). The zero-order valence-corrected chi connectivity index (χ0v) is 8.49. The maximum absolute atomic E-state index is 10.7. The lowest BCUT2D eigenvalue weighted by Crippen LogP contribution is -2.24. The lowest BCUT2D eigenvalue weighted by atomic mass is 10.1. The van der Waals surface area contributed by atoms with Crippen LogP contribution in [0.1, 0.15) is 5.56 Å².